The number of ether oxygens (including phenoxy) is 1. The Hall–Kier alpha value is -2.57. The van der Waals surface area contributed by atoms with E-state index in [0.717, 1.165) is 5.75 Å². The summed E-state index contributed by atoms with van der Waals surface area (Å²) in [5, 5.41) is 11.3. The van der Waals surface area contributed by atoms with Gasteiger partial charge in [0.2, 0.25) is 0 Å². The van der Waals surface area contributed by atoms with Crippen LogP contribution in [-0.4, -0.2) is 12.3 Å². The van der Waals surface area contributed by atoms with Crippen molar-refractivity contribution in [3.05, 3.63) is 24.3 Å². The topological polar surface area (TPSA) is 112 Å². The van der Waals surface area contributed by atoms with Gasteiger partial charge in [-0.05, 0) is 24.3 Å². The van der Waals surface area contributed by atoms with Crippen LogP contribution in [0.15, 0.2) is 39.0 Å². The molecule has 4 N–H and O–H groups in total. The number of hydrogen-bond donors (Lipinski definition) is 2. The van der Waals surface area contributed by atoms with Crippen LogP contribution in [0.4, 0.5) is 23.1 Å². The lowest BCUT2D eigenvalue weighted by molar-refractivity contribution is 0.415. The lowest BCUT2D eigenvalue weighted by atomic mass is 10.3. The lowest BCUT2D eigenvalue weighted by Gasteiger charge is -1.97. The second-order valence-corrected chi connectivity index (χ2v) is 3.18. The van der Waals surface area contributed by atoms with Crippen molar-refractivity contribution in [2.24, 2.45) is 10.2 Å². The van der Waals surface area contributed by atoms with Crippen molar-refractivity contribution < 1.29 is 9.26 Å². The molecule has 0 saturated carbocycles. The third kappa shape index (κ3) is 2.33. The van der Waals surface area contributed by atoms with Gasteiger partial charge >= 0.3 is 0 Å². The summed E-state index contributed by atoms with van der Waals surface area (Å²) in [6.45, 7) is 0. The molecular weight excluding hydrogens is 222 g/mol. The first-order valence-electron chi connectivity index (χ1n) is 4.77. The molecule has 0 unspecified atom stereocenters. The van der Waals surface area contributed by atoms with Gasteiger partial charge in [-0.2, -0.15) is 5.11 Å². The maximum Gasteiger partial charge on any atom is 0.252 e. The van der Waals surface area contributed by atoms with Gasteiger partial charge in [0.25, 0.3) is 5.88 Å². The first-order valence-corrected chi connectivity index (χ1v) is 4.77. The third-order valence-corrected chi connectivity index (χ3v) is 2.06. The Kier molecular flexibility index (Phi) is 2.91. The van der Waals surface area contributed by atoms with E-state index in [9.17, 15) is 0 Å². The number of benzene rings is 1. The molecule has 2 aromatic rings. The minimum absolute atomic E-state index is 0.0414. The molecule has 1 heterocycles. The zero-order valence-electron chi connectivity index (χ0n) is 9.12. The first kappa shape index (κ1) is 10.9. The van der Waals surface area contributed by atoms with Gasteiger partial charge in [0.1, 0.15) is 5.75 Å². The highest BCUT2D eigenvalue weighted by molar-refractivity contribution is 5.68. The van der Waals surface area contributed by atoms with Crippen molar-refractivity contribution in [2.75, 3.05) is 18.6 Å². The molecule has 1 aromatic heterocycles. The van der Waals surface area contributed by atoms with Gasteiger partial charge in [-0.15, -0.1) is 5.11 Å². The molecule has 0 radical (unpaired) electrons. The molecular formula is C10H11N5O2. The van der Waals surface area contributed by atoms with Crippen molar-refractivity contribution in [3.63, 3.8) is 0 Å². The highest BCUT2D eigenvalue weighted by atomic mass is 16.5. The highest BCUT2D eigenvalue weighted by Crippen LogP contribution is 2.30. The summed E-state index contributed by atoms with van der Waals surface area (Å²) in [5.74, 6) is 0.896. The maximum atomic E-state index is 5.49. The van der Waals surface area contributed by atoms with E-state index in [4.69, 9.17) is 16.2 Å². The van der Waals surface area contributed by atoms with E-state index in [2.05, 4.69) is 19.9 Å². The minimum Gasteiger partial charge on any atom is -0.497 e. The van der Waals surface area contributed by atoms with Crippen LogP contribution in [-0.2, 0) is 0 Å². The summed E-state index contributed by atoms with van der Waals surface area (Å²) in [7, 11) is 1.59. The first-order chi connectivity index (χ1) is 8.20. The van der Waals surface area contributed by atoms with E-state index >= 15 is 0 Å². The predicted octanol–water partition coefficient (Wildman–Crippen LogP) is 2.26. The SMILES string of the molecule is COc1ccc(N=Nc2c(N)noc2N)cc1. The van der Waals surface area contributed by atoms with E-state index in [-0.39, 0.29) is 17.4 Å². The van der Waals surface area contributed by atoms with Crippen molar-refractivity contribution in [3.8, 4) is 5.75 Å². The zero-order chi connectivity index (χ0) is 12.3. The molecule has 0 amide bonds. The van der Waals surface area contributed by atoms with Crippen LogP contribution in [0.3, 0.4) is 0 Å². The minimum atomic E-state index is 0.0414. The number of nitrogen functional groups attached to an aromatic ring is 2. The molecule has 0 bridgehead atoms. The maximum absolute atomic E-state index is 5.49. The van der Waals surface area contributed by atoms with E-state index in [1.165, 1.54) is 0 Å². The summed E-state index contributed by atoms with van der Waals surface area (Å²) in [4.78, 5) is 0. The fourth-order valence-electron chi connectivity index (χ4n) is 1.17. The average molecular weight is 233 g/mol. The summed E-state index contributed by atoms with van der Waals surface area (Å²) in [5.41, 5.74) is 11.8. The number of hydrogen-bond acceptors (Lipinski definition) is 7. The second-order valence-electron chi connectivity index (χ2n) is 3.18. The molecule has 2 rings (SSSR count). The molecule has 0 spiro atoms. The van der Waals surface area contributed by atoms with E-state index in [1.54, 1.807) is 31.4 Å². The third-order valence-electron chi connectivity index (χ3n) is 2.06. The van der Waals surface area contributed by atoms with Crippen LogP contribution in [0.25, 0.3) is 0 Å². The molecule has 0 aliphatic carbocycles. The van der Waals surface area contributed by atoms with Crippen molar-refractivity contribution >= 4 is 23.1 Å². The molecule has 0 aliphatic rings. The summed E-state index contributed by atoms with van der Waals surface area (Å²) in [6, 6.07) is 7.05. The fraction of sp³-hybridized carbons (Fsp3) is 0.100. The van der Waals surface area contributed by atoms with E-state index < -0.39 is 0 Å². The molecule has 1 aromatic carbocycles. The van der Waals surface area contributed by atoms with Crippen molar-refractivity contribution in [1.82, 2.24) is 5.16 Å². The number of aromatic nitrogens is 1. The normalized spacial score (nSPS) is 10.9. The van der Waals surface area contributed by atoms with Crippen LogP contribution in [0.5, 0.6) is 5.75 Å². The number of methoxy groups -OCH3 is 1. The predicted molar refractivity (Wildman–Crippen MR) is 62.5 cm³/mol. The van der Waals surface area contributed by atoms with Crippen molar-refractivity contribution in [2.45, 2.75) is 0 Å². The van der Waals surface area contributed by atoms with Gasteiger partial charge in [-0.25, -0.2) is 0 Å². The van der Waals surface area contributed by atoms with Crippen LogP contribution in [0.2, 0.25) is 0 Å². The molecule has 0 saturated heterocycles. The molecule has 0 fully saturated rings. The number of azo groups is 1. The highest BCUT2D eigenvalue weighted by Gasteiger charge is 2.09. The lowest BCUT2D eigenvalue weighted by Crippen LogP contribution is -1.84. The van der Waals surface area contributed by atoms with Gasteiger partial charge in [-0.1, -0.05) is 5.16 Å². The van der Waals surface area contributed by atoms with Crippen molar-refractivity contribution in [1.29, 1.82) is 0 Å². The van der Waals surface area contributed by atoms with E-state index in [1.807, 2.05) is 0 Å². The van der Waals surface area contributed by atoms with Gasteiger partial charge in [0.05, 0.1) is 12.8 Å². The molecule has 17 heavy (non-hydrogen) atoms. The van der Waals surface area contributed by atoms with Crippen LogP contribution >= 0.6 is 0 Å². The largest absolute Gasteiger partial charge is 0.497 e. The monoisotopic (exact) mass is 233 g/mol. The number of rotatable bonds is 3. The van der Waals surface area contributed by atoms with Gasteiger partial charge in [0.15, 0.2) is 11.5 Å². The standard InChI is InChI=1S/C10H11N5O2/c1-16-7-4-2-6(3-5-7)13-14-8-9(11)15-17-10(8)12/h2-5H,12H2,1H3,(H2,11,15). The molecule has 7 heteroatoms. The number of nitrogens with two attached hydrogens (primary N) is 2. The molecule has 0 atom stereocenters. The smallest absolute Gasteiger partial charge is 0.252 e. The Balaban J connectivity index is 2.20. The van der Waals surface area contributed by atoms with Gasteiger partial charge in [-0.3, -0.25) is 0 Å². The average Bonchev–Trinajstić information content (AvgIpc) is 2.67. The Bertz CT molecular complexity index is 513. The van der Waals surface area contributed by atoms with Gasteiger partial charge in [0, 0.05) is 0 Å². The fourth-order valence-corrected chi connectivity index (χ4v) is 1.17. The Morgan fingerprint density at radius 2 is 1.88 bits per heavy atom. The number of nitrogens with zero attached hydrogens (tertiary/aromatic N) is 3. The quantitative estimate of drug-likeness (QED) is 0.789. The Labute approximate surface area is 97.1 Å². The summed E-state index contributed by atoms with van der Waals surface area (Å²) in [6.07, 6.45) is 0. The Morgan fingerprint density at radius 1 is 1.18 bits per heavy atom. The Morgan fingerprint density at radius 3 is 2.41 bits per heavy atom. The van der Waals surface area contributed by atoms with Gasteiger partial charge < -0.3 is 20.7 Å². The van der Waals surface area contributed by atoms with Crippen LogP contribution in [0, 0.1) is 0 Å². The molecule has 7 nitrogen and oxygen atoms in total. The van der Waals surface area contributed by atoms with Crippen LogP contribution in [0.1, 0.15) is 0 Å². The second kappa shape index (κ2) is 4.52. The zero-order valence-corrected chi connectivity index (χ0v) is 9.12. The summed E-state index contributed by atoms with van der Waals surface area (Å²) < 4.78 is 9.67. The van der Waals surface area contributed by atoms with E-state index in [0.29, 0.717) is 5.69 Å². The van der Waals surface area contributed by atoms with Crippen LogP contribution < -0.4 is 16.2 Å². The summed E-state index contributed by atoms with van der Waals surface area (Å²) >= 11 is 0. The molecule has 0 aliphatic heterocycles. The molecule has 88 valence electrons. The number of anilines is 2.